The van der Waals surface area contributed by atoms with Gasteiger partial charge in [-0.1, -0.05) is 6.07 Å². The van der Waals surface area contributed by atoms with E-state index < -0.39 is 0 Å². The minimum absolute atomic E-state index is 0.287. The first-order valence-corrected chi connectivity index (χ1v) is 8.99. The van der Waals surface area contributed by atoms with Crippen LogP contribution in [0.2, 0.25) is 0 Å². The van der Waals surface area contributed by atoms with E-state index in [0.29, 0.717) is 28.8 Å². The van der Waals surface area contributed by atoms with E-state index in [-0.39, 0.29) is 5.91 Å². The summed E-state index contributed by atoms with van der Waals surface area (Å²) in [6.45, 7) is 6.86. The molecule has 0 unspecified atom stereocenters. The Bertz CT molecular complexity index is 778. The molecular formula is C19H25N5O3. The van der Waals surface area contributed by atoms with Crippen LogP contribution in [0.3, 0.4) is 0 Å². The number of aromatic nitrogens is 2. The predicted octanol–water partition coefficient (Wildman–Crippen LogP) is 1.79. The van der Waals surface area contributed by atoms with E-state index in [0.717, 1.165) is 39.4 Å². The molecule has 0 aliphatic carbocycles. The molecule has 1 amide bonds. The van der Waals surface area contributed by atoms with Gasteiger partial charge in [-0.3, -0.25) is 9.69 Å². The summed E-state index contributed by atoms with van der Waals surface area (Å²) in [5.74, 6) is 1.58. The highest BCUT2D eigenvalue weighted by Crippen LogP contribution is 2.17. The fourth-order valence-corrected chi connectivity index (χ4v) is 2.84. The molecule has 0 atom stereocenters. The number of hydrogen-bond acceptors (Lipinski definition) is 7. The molecule has 1 fully saturated rings. The summed E-state index contributed by atoms with van der Waals surface area (Å²) in [7, 11) is 1.59. The third-order valence-corrected chi connectivity index (χ3v) is 4.24. The molecule has 8 heteroatoms. The average molecular weight is 371 g/mol. The zero-order chi connectivity index (χ0) is 19.1. The third-order valence-electron chi connectivity index (χ3n) is 4.24. The van der Waals surface area contributed by atoms with Gasteiger partial charge in [0.25, 0.3) is 5.91 Å². The molecule has 144 valence electrons. The number of morpholine rings is 1. The van der Waals surface area contributed by atoms with Gasteiger partial charge in [0.15, 0.2) is 0 Å². The fourth-order valence-electron chi connectivity index (χ4n) is 2.84. The van der Waals surface area contributed by atoms with Crippen molar-refractivity contribution in [2.24, 2.45) is 0 Å². The van der Waals surface area contributed by atoms with Crippen LogP contribution in [0, 0.1) is 6.92 Å². The van der Waals surface area contributed by atoms with Gasteiger partial charge in [0.2, 0.25) is 0 Å². The molecule has 0 radical (unpaired) electrons. The van der Waals surface area contributed by atoms with Crippen molar-refractivity contribution >= 4 is 17.4 Å². The summed E-state index contributed by atoms with van der Waals surface area (Å²) >= 11 is 0. The molecular weight excluding hydrogens is 346 g/mol. The van der Waals surface area contributed by atoms with E-state index in [9.17, 15) is 4.79 Å². The highest BCUT2D eigenvalue weighted by atomic mass is 16.5. The fraction of sp³-hybridized carbons (Fsp3) is 0.421. The lowest BCUT2D eigenvalue weighted by molar-refractivity contribution is 0.0398. The number of benzene rings is 1. The number of rotatable bonds is 7. The molecule has 1 aliphatic heterocycles. The topological polar surface area (TPSA) is 88.6 Å². The molecule has 0 bridgehead atoms. The number of carbonyl (C=O) groups excluding carboxylic acids is 1. The van der Waals surface area contributed by atoms with Crippen LogP contribution in [0.25, 0.3) is 0 Å². The number of hydrogen-bond donors (Lipinski definition) is 2. The smallest absolute Gasteiger partial charge is 0.274 e. The number of nitrogens with one attached hydrogen (secondary N) is 2. The van der Waals surface area contributed by atoms with Crippen LogP contribution in [0.15, 0.2) is 30.3 Å². The van der Waals surface area contributed by atoms with Crippen LogP contribution >= 0.6 is 0 Å². The Balaban J connectivity index is 1.60. The van der Waals surface area contributed by atoms with Crippen LogP contribution in [-0.2, 0) is 4.74 Å². The monoisotopic (exact) mass is 371 g/mol. The lowest BCUT2D eigenvalue weighted by atomic mass is 10.2. The lowest BCUT2D eigenvalue weighted by Crippen LogP contribution is -2.39. The van der Waals surface area contributed by atoms with Crippen LogP contribution < -0.4 is 15.4 Å². The molecule has 0 saturated carbocycles. The second-order valence-electron chi connectivity index (χ2n) is 6.25. The number of anilines is 2. The summed E-state index contributed by atoms with van der Waals surface area (Å²) in [6.07, 6.45) is 0. The van der Waals surface area contributed by atoms with Crippen LogP contribution in [0.4, 0.5) is 11.5 Å². The number of methoxy groups -OCH3 is 1. The maximum atomic E-state index is 12.5. The maximum absolute atomic E-state index is 12.5. The van der Waals surface area contributed by atoms with Crippen molar-refractivity contribution in [3.63, 3.8) is 0 Å². The van der Waals surface area contributed by atoms with Crippen molar-refractivity contribution in [2.45, 2.75) is 6.92 Å². The van der Waals surface area contributed by atoms with E-state index >= 15 is 0 Å². The number of amides is 1. The lowest BCUT2D eigenvalue weighted by Gasteiger charge is -2.26. The van der Waals surface area contributed by atoms with Gasteiger partial charge in [-0.2, -0.15) is 0 Å². The minimum Gasteiger partial charge on any atom is -0.497 e. The molecule has 2 N–H and O–H groups in total. The van der Waals surface area contributed by atoms with Crippen LogP contribution in [0.1, 0.15) is 16.3 Å². The molecule has 2 heterocycles. The Labute approximate surface area is 158 Å². The second-order valence-corrected chi connectivity index (χ2v) is 6.25. The minimum atomic E-state index is -0.287. The van der Waals surface area contributed by atoms with Crippen molar-refractivity contribution in [1.82, 2.24) is 14.9 Å². The van der Waals surface area contributed by atoms with Crippen molar-refractivity contribution in [2.75, 3.05) is 57.1 Å². The first-order valence-electron chi connectivity index (χ1n) is 8.99. The number of ether oxygens (including phenoxy) is 2. The molecule has 8 nitrogen and oxygen atoms in total. The second kappa shape index (κ2) is 9.29. The Kier molecular flexibility index (Phi) is 6.56. The van der Waals surface area contributed by atoms with Crippen LogP contribution in [0.5, 0.6) is 5.75 Å². The van der Waals surface area contributed by atoms with Gasteiger partial charge in [-0.05, 0) is 19.1 Å². The first-order chi connectivity index (χ1) is 13.1. The summed E-state index contributed by atoms with van der Waals surface area (Å²) in [4.78, 5) is 23.5. The van der Waals surface area contributed by atoms with Gasteiger partial charge >= 0.3 is 0 Å². The van der Waals surface area contributed by atoms with E-state index in [1.54, 1.807) is 32.2 Å². The quantitative estimate of drug-likeness (QED) is 0.767. The Hall–Kier alpha value is -2.71. The zero-order valence-electron chi connectivity index (χ0n) is 15.7. The maximum Gasteiger partial charge on any atom is 0.274 e. The average Bonchev–Trinajstić information content (AvgIpc) is 2.68. The van der Waals surface area contributed by atoms with Crippen molar-refractivity contribution in [1.29, 1.82) is 0 Å². The van der Waals surface area contributed by atoms with E-state index in [2.05, 4.69) is 25.5 Å². The van der Waals surface area contributed by atoms with Gasteiger partial charge in [0, 0.05) is 44.0 Å². The van der Waals surface area contributed by atoms with Crippen molar-refractivity contribution in [3.8, 4) is 5.75 Å². The molecule has 0 spiro atoms. The molecule has 3 rings (SSSR count). The van der Waals surface area contributed by atoms with Gasteiger partial charge in [0.1, 0.15) is 23.1 Å². The number of aryl methyl sites for hydroxylation is 1. The summed E-state index contributed by atoms with van der Waals surface area (Å²) in [5, 5.41) is 6.11. The zero-order valence-corrected chi connectivity index (χ0v) is 15.7. The highest BCUT2D eigenvalue weighted by Gasteiger charge is 2.13. The van der Waals surface area contributed by atoms with Crippen molar-refractivity contribution in [3.05, 3.63) is 41.9 Å². The highest BCUT2D eigenvalue weighted by molar-refractivity contribution is 6.03. The summed E-state index contributed by atoms with van der Waals surface area (Å²) < 4.78 is 10.5. The molecule has 27 heavy (non-hydrogen) atoms. The molecule has 1 aliphatic rings. The molecule has 1 aromatic carbocycles. The van der Waals surface area contributed by atoms with Gasteiger partial charge in [-0.25, -0.2) is 9.97 Å². The summed E-state index contributed by atoms with van der Waals surface area (Å²) in [5.41, 5.74) is 0.969. The van der Waals surface area contributed by atoms with Gasteiger partial charge < -0.3 is 20.1 Å². The standard InChI is InChI=1S/C19H25N5O3/c1-14-21-17(19(25)23-15-4-3-5-16(12-15)26-2)13-18(22-14)20-6-7-24-8-10-27-11-9-24/h3-5,12-13H,6-11H2,1-2H3,(H,23,25)(H,20,21,22). The van der Waals surface area contributed by atoms with Crippen LogP contribution in [-0.4, -0.2) is 67.3 Å². The summed E-state index contributed by atoms with van der Waals surface area (Å²) in [6, 6.07) is 8.87. The third kappa shape index (κ3) is 5.63. The molecule has 1 saturated heterocycles. The van der Waals surface area contributed by atoms with E-state index in [1.807, 2.05) is 12.1 Å². The predicted molar refractivity (Wildman–Crippen MR) is 103 cm³/mol. The Morgan fingerprint density at radius 3 is 2.85 bits per heavy atom. The Morgan fingerprint density at radius 2 is 2.07 bits per heavy atom. The SMILES string of the molecule is COc1cccc(NC(=O)c2cc(NCCN3CCOCC3)nc(C)n2)c1. The van der Waals surface area contributed by atoms with E-state index in [1.165, 1.54) is 0 Å². The normalized spacial score (nSPS) is 14.6. The molecule has 1 aromatic heterocycles. The van der Waals surface area contributed by atoms with Crippen molar-refractivity contribution < 1.29 is 14.3 Å². The number of nitrogens with zero attached hydrogens (tertiary/aromatic N) is 3. The van der Waals surface area contributed by atoms with Gasteiger partial charge in [0.05, 0.1) is 20.3 Å². The first kappa shape index (κ1) is 19.1. The largest absolute Gasteiger partial charge is 0.497 e. The molecule has 2 aromatic rings. The Morgan fingerprint density at radius 1 is 1.26 bits per heavy atom. The van der Waals surface area contributed by atoms with Gasteiger partial charge in [-0.15, -0.1) is 0 Å². The number of carbonyl (C=O) groups is 1. The van der Waals surface area contributed by atoms with E-state index in [4.69, 9.17) is 9.47 Å².